The van der Waals surface area contributed by atoms with Crippen LogP contribution < -0.4 is 0 Å². The van der Waals surface area contributed by atoms with E-state index in [0.717, 1.165) is 12.1 Å². The Labute approximate surface area is 75.6 Å². The fourth-order valence-electron chi connectivity index (χ4n) is 2.17. The van der Waals surface area contributed by atoms with Crippen molar-refractivity contribution in [3.05, 3.63) is 0 Å². The Morgan fingerprint density at radius 3 is 1.67 bits per heavy atom. The molecule has 1 aliphatic heterocycles. The Morgan fingerprint density at radius 2 is 1.50 bits per heavy atom. The highest BCUT2D eigenvalue weighted by Gasteiger charge is 2.50. The maximum Gasteiger partial charge on any atom is 0.391 e. The molecule has 0 saturated carbocycles. The van der Waals surface area contributed by atoms with E-state index >= 15 is 0 Å². The summed E-state index contributed by atoms with van der Waals surface area (Å²) >= 11 is 0. The quantitative estimate of drug-likeness (QED) is 0.614. The van der Waals surface area contributed by atoms with Crippen molar-refractivity contribution in [2.24, 2.45) is 0 Å². The van der Waals surface area contributed by atoms with Gasteiger partial charge in [0, 0.05) is 0 Å². The van der Waals surface area contributed by atoms with Gasteiger partial charge in [-0.2, -0.15) is 0 Å². The average molecular weight is 203 g/mol. The van der Waals surface area contributed by atoms with Gasteiger partial charge in [0.05, 0.1) is 0 Å². The van der Waals surface area contributed by atoms with Crippen molar-refractivity contribution in [2.45, 2.75) is 38.3 Å². The number of hydrogen-bond acceptors (Lipinski definition) is 1. The predicted octanol–water partition coefficient (Wildman–Crippen LogP) is 2.39. The summed E-state index contributed by atoms with van der Waals surface area (Å²) in [5.74, 6) is 0. The molecular formula is C7H17NO2Si2. The van der Waals surface area contributed by atoms with Gasteiger partial charge in [0.15, 0.2) is 0 Å². The molecule has 0 radical (unpaired) electrons. The third kappa shape index (κ3) is 1.43. The van der Waals surface area contributed by atoms with Gasteiger partial charge in [-0.05, 0) is 12.1 Å². The van der Waals surface area contributed by atoms with Crippen LogP contribution in [-0.2, 0) is 0 Å². The number of rotatable bonds is 0. The van der Waals surface area contributed by atoms with Crippen LogP contribution in [0, 0.1) is 0 Å². The van der Waals surface area contributed by atoms with E-state index in [1.54, 1.807) is 0 Å². The van der Waals surface area contributed by atoms with Crippen molar-refractivity contribution in [2.75, 3.05) is 0 Å². The van der Waals surface area contributed by atoms with Gasteiger partial charge in [-0.25, -0.2) is 4.79 Å². The standard InChI is InChI=1S/C7H17NO2Si2/c1-11(2)5-6-12(3,4)8(11)7(9)10/h5-6H2,1-4H3,(H,9,10). The minimum absolute atomic E-state index is 0.680. The van der Waals surface area contributed by atoms with Crippen LogP contribution >= 0.6 is 0 Å². The second-order valence-electron chi connectivity index (χ2n) is 4.74. The van der Waals surface area contributed by atoms with E-state index in [-0.39, 0.29) is 0 Å². The van der Waals surface area contributed by atoms with Gasteiger partial charge in [0.1, 0.15) is 16.5 Å². The van der Waals surface area contributed by atoms with Crippen LogP contribution in [0.5, 0.6) is 0 Å². The molecule has 1 heterocycles. The van der Waals surface area contributed by atoms with Gasteiger partial charge < -0.3 is 9.34 Å². The smallest absolute Gasteiger partial charge is 0.391 e. The first-order valence-corrected chi connectivity index (χ1v) is 10.6. The third-order valence-electron chi connectivity index (χ3n) is 2.75. The van der Waals surface area contributed by atoms with Gasteiger partial charge in [-0.3, -0.25) is 0 Å². The molecule has 70 valence electrons. The largest absolute Gasteiger partial charge is 0.466 e. The highest BCUT2D eigenvalue weighted by atomic mass is 28.4. The molecule has 0 aromatic heterocycles. The number of carboxylic acid groups (broad SMARTS) is 1. The van der Waals surface area contributed by atoms with Gasteiger partial charge >= 0.3 is 6.09 Å². The summed E-state index contributed by atoms with van der Waals surface area (Å²) in [4.78, 5) is 11.0. The normalized spacial score (nSPS) is 25.8. The van der Waals surface area contributed by atoms with Crippen LogP contribution in [0.1, 0.15) is 0 Å². The van der Waals surface area contributed by atoms with Crippen LogP contribution in [0.15, 0.2) is 0 Å². The maximum atomic E-state index is 11.0. The van der Waals surface area contributed by atoms with Crippen LogP contribution in [0.25, 0.3) is 0 Å². The molecule has 0 unspecified atom stereocenters. The van der Waals surface area contributed by atoms with E-state index in [1.807, 2.05) is 4.23 Å². The van der Waals surface area contributed by atoms with Gasteiger partial charge in [0.25, 0.3) is 0 Å². The monoisotopic (exact) mass is 203 g/mol. The number of hydrogen-bond donors (Lipinski definition) is 1. The van der Waals surface area contributed by atoms with Crippen molar-refractivity contribution in [1.82, 2.24) is 4.23 Å². The van der Waals surface area contributed by atoms with E-state index in [9.17, 15) is 4.79 Å². The second kappa shape index (κ2) is 2.60. The lowest BCUT2D eigenvalue weighted by Crippen LogP contribution is -2.57. The van der Waals surface area contributed by atoms with Crippen molar-refractivity contribution < 1.29 is 9.90 Å². The fraction of sp³-hybridized carbons (Fsp3) is 0.857. The average Bonchev–Trinajstić information content (AvgIpc) is 2.01. The Bertz CT molecular complexity index is 199. The Balaban J connectivity index is 2.96. The summed E-state index contributed by atoms with van der Waals surface area (Å²) in [6.07, 6.45) is -0.680. The topological polar surface area (TPSA) is 40.5 Å². The van der Waals surface area contributed by atoms with Gasteiger partial charge in [0.2, 0.25) is 0 Å². The zero-order chi connectivity index (χ0) is 9.57. The molecule has 1 amide bonds. The summed E-state index contributed by atoms with van der Waals surface area (Å²) < 4.78 is 1.85. The molecule has 0 aromatic rings. The van der Waals surface area contributed by atoms with Crippen molar-refractivity contribution in [3.8, 4) is 0 Å². The molecule has 0 spiro atoms. The zero-order valence-corrected chi connectivity index (χ0v) is 10.2. The van der Waals surface area contributed by atoms with Gasteiger partial charge in [-0.1, -0.05) is 26.2 Å². The summed E-state index contributed by atoms with van der Waals surface area (Å²) in [6, 6.07) is 2.30. The lowest BCUT2D eigenvalue weighted by Gasteiger charge is -2.36. The lowest BCUT2D eigenvalue weighted by molar-refractivity contribution is 0.185. The molecule has 0 aromatic carbocycles. The third-order valence-corrected chi connectivity index (χ3v) is 12.6. The molecule has 0 bridgehead atoms. The molecule has 0 aliphatic carbocycles. The molecule has 3 nitrogen and oxygen atoms in total. The molecule has 1 rings (SSSR count). The summed E-state index contributed by atoms with van der Waals surface area (Å²) in [5, 5.41) is 9.08. The molecule has 1 saturated heterocycles. The molecule has 12 heavy (non-hydrogen) atoms. The Hall–Kier alpha value is -0.296. The number of nitrogens with zero attached hydrogens (tertiary/aromatic N) is 1. The highest BCUT2D eigenvalue weighted by molar-refractivity contribution is 6.97. The highest BCUT2D eigenvalue weighted by Crippen LogP contribution is 2.36. The molecule has 5 heteroatoms. The first-order chi connectivity index (χ1) is 5.27. The molecular weight excluding hydrogens is 186 g/mol. The van der Waals surface area contributed by atoms with Gasteiger partial charge in [-0.15, -0.1) is 0 Å². The zero-order valence-electron chi connectivity index (χ0n) is 8.22. The minimum atomic E-state index is -1.57. The SMILES string of the molecule is C[Si]1(C)CC[Si](C)(C)N1C(=O)O. The Kier molecular flexibility index (Phi) is 2.12. The van der Waals surface area contributed by atoms with E-state index in [1.165, 1.54) is 0 Å². The van der Waals surface area contributed by atoms with E-state index < -0.39 is 22.6 Å². The lowest BCUT2D eigenvalue weighted by atomic mass is 10.9. The van der Waals surface area contributed by atoms with Crippen LogP contribution in [-0.4, -0.2) is 31.9 Å². The van der Waals surface area contributed by atoms with E-state index in [0.29, 0.717) is 0 Å². The molecule has 1 aliphatic rings. The van der Waals surface area contributed by atoms with Crippen LogP contribution in [0.3, 0.4) is 0 Å². The van der Waals surface area contributed by atoms with Crippen LogP contribution in [0.2, 0.25) is 38.3 Å². The fourth-order valence-corrected chi connectivity index (χ4v) is 15.8. The second-order valence-corrected chi connectivity index (χ2v) is 14.3. The summed E-state index contributed by atoms with van der Waals surface area (Å²) in [7, 11) is -3.15. The van der Waals surface area contributed by atoms with Crippen molar-refractivity contribution in [3.63, 3.8) is 0 Å². The molecule has 0 atom stereocenters. The van der Waals surface area contributed by atoms with Crippen molar-refractivity contribution in [1.29, 1.82) is 0 Å². The number of carbonyl (C=O) groups is 1. The predicted molar refractivity (Wildman–Crippen MR) is 54.4 cm³/mol. The Morgan fingerprint density at radius 1 is 1.17 bits per heavy atom. The van der Waals surface area contributed by atoms with Crippen LogP contribution in [0.4, 0.5) is 4.79 Å². The number of amides is 1. The summed E-state index contributed by atoms with van der Waals surface area (Å²) in [5.41, 5.74) is 0. The molecule has 1 fully saturated rings. The summed E-state index contributed by atoms with van der Waals surface area (Å²) in [6.45, 7) is 8.62. The minimum Gasteiger partial charge on any atom is -0.466 e. The maximum absolute atomic E-state index is 11.0. The van der Waals surface area contributed by atoms with E-state index in [4.69, 9.17) is 5.11 Å². The first kappa shape index (κ1) is 9.79. The molecule has 1 N–H and O–H groups in total. The van der Waals surface area contributed by atoms with Crippen molar-refractivity contribution >= 4 is 22.6 Å². The first-order valence-electron chi connectivity index (χ1n) is 4.31. The van der Waals surface area contributed by atoms with E-state index in [2.05, 4.69) is 26.2 Å².